The number of rotatable bonds is 17. The van der Waals surface area contributed by atoms with Crippen molar-refractivity contribution in [3.05, 3.63) is 0 Å². The average molecular weight is 454 g/mol. The summed E-state index contributed by atoms with van der Waals surface area (Å²) in [5, 5.41) is 22.5. The predicted molar refractivity (Wildman–Crippen MR) is 126 cm³/mol. The van der Waals surface area contributed by atoms with Gasteiger partial charge in [-0.15, -0.1) is 0 Å². The molecule has 11 heteroatoms. The Bertz CT molecular complexity index is 644. The van der Waals surface area contributed by atoms with E-state index in [0.717, 1.165) is 61.2 Å². The topological polar surface area (TPSA) is 158 Å². The van der Waals surface area contributed by atoms with Crippen molar-refractivity contribution in [1.82, 2.24) is 15.0 Å². The zero-order valence-corrected chi connectivity index (χ0v) is 19.4. The molecule has 11 nitrogen and oxygen atoms in total. The maximum absolute atomic E-state index is 11.9. The van der Waals surface area contributed by atoms with Crippen LogP contribution < -0.4 is 20.9 Å². The number of nitrogens with two attached hydrogens (primary N) is 1. The van der Waals surface area contributed by atoms with E-state index >= 15 is 0 Å². The molecule has 182 valence electrons. The minimum atomic E-state index is -1.18. The number of anilines is 3. The zero-order valence-electron chi connectivity index (χ0n) is 19.4. The third-order valence-electron chi connectivity index (χ3n) is 4.94. The molecule has 1 aromatic rings. The van der Waals surface area contributed by atoms with Crippen LogP contribution in [0.4, 0.5) is 27.4 Å². The van der Waals surface area contributed by atoms with Crippen LogP contribution in [-0.2, 0) is 0 Å². The van der Waals surface area contributed by atoms with E-state index in [0.29, 0.717) is 25.9 Å². The summed E-state index contributed by atoms with van der Waals surface area (Å²) in [6.45, 7) is 5.77. The molecule has 0 spiro atoms. The Morgan fingerprint density at radius 3 is 1.72 bits per heavy atom. The van der Waals surface area contributed by atoms with Crippen LogP contribution in [0.1, 0.15) is 78.1 Å². The molecule has 2 amide bonds. The molecule has 1 rings (SSSR count). The second-order valence-electron chi connectivity index (χ2n) is 7.67. The third-order valence-corrected chi connectivity index (χ3v) is 4.94. The van der Waals surface area contributed by atoms with E-state index in [9.17, 15) is 19.8 Å². The van der Waals surface area contributed by atoms with Gasteiger partial charge in [0.2, 0.25) is 17.8 Å². The Morgan fingerprint density at radius 2 is 1.28 bits per heavy atom. The monoisotopic (exact) mass is 453 g/mol. The molecule has 0 aromatic carbocycles. The van der Waals surface area contributed by atoms with Gasteiger partial charge in [0.05, 0.1) is 0 Å². The number of hydrogen-bond donors (Lipinski definition) is 4. The van der Waals surface area contributed by atoms with Crippen molar-refractivity contribution in [1.29, 1.82) is 0 Å². The molecular formula is C21H39N7O4. The molecule has 32 heavy (non-hydrogen) atoms. The molecule has 0 aliphatic carbocycles. The molecule has 0 fully saturated rings. The Labute approximate surface area is 190 Å². The Morgan fingerprint density at radius 1 is 0.781 bits per heavy atom. The molecule has 0 bridgehead atoms. The van der Waals surface area contributed by atoms with Gasteiger partial charge in [0, 0.05) is 19.6 Å². The van der Waals surface area contributed by atoms with Crippen molar-refractivity contribution in [3.63, 3.8) is 0 Å². The molecule has 1 heterocycles. The van der Waals surface area contributed by atoms with Gasteiger partial charge in [-0.3, -0.25) is 0 Å². The van der Waals surface area contributed by atoms with E-state index in [1.165, 1.54) is 0 Å². The van der Waals surface area contributed by atoms with Gasteiger partial charge in [0.1, 0.15) is 0 Å². The fourth-order valence-electron chi connectivity index (χ4n) is 3.10. The van der Waals surface area contributed by atoms with Crippen LogP contribution in [0.3, 0.4) is 0 Å². The second kappa shape index (κ2) is 16.0. The van der Waals surface area contributed by atoms with Gasteiger partial charge in [0.15, 0.2) is 0 Å². The first-order valence-corrected chi connectivity index (χ1v) is 11.7. The lowest BCUT2D eigenvalue weighted by Crippen LogP contribution is -2.35. The third kappa shape index (κ3) is 10.1. The second-order valence-corrected chi connectivity index (χ2v) is 7.67. The summed E-state index contributed by atoms with van der Waals surface area (Å²) in [6, 6.07) is 0. The summed E-state index contributed by atoms with van der Waals surface area (Å²) in [5.74, 6) is 0.0456. The number of aromatic nitrogens is 3. The molecule has 0 aliphatic rings. The molecule has 0 radical (unpaired) electrons. The van der Waals surface area contributed by atoms with Gasteiger partial charge in [-0.1, -0.05) is 52.4 Å². The van der Waals surface area contributed by atoms with Gasteiger partial charge in [-0.05, 0) is 32.2 Å². The van der Waals surface area contributed by atoms with E-state index in [1.54, 1.807) is 0 Å². The van der Waals surface area contributed by atoms with Gasteiger partial charge >= 0.3 is 12.2 Å². The van der Waals surface area contributed by atoms with E-state index in [1.807, 2.05) is 13.8 Å². The molecule has 0 aliphatic heterocycles. The van der Waals surface area contributed by atoms with Crippen LogP contribution >= 0.6 is 0 Å². The highest BCUT2D eigenvalue weighted by atomic mass is 16.4. The summed E-state index contributed by atoms with van der Waals surface area (Å²) < 4.78 is 0. The van der Waals surface area contributed by atoms with Crippen LogP contribution in [0.25, 0.3) is 0 Å². The van der Waals surface area contributed by atoms with Crippen LogP contribution in [0.15, 0.2) is 0 Å². The van der Waals surface area contributed by atoms with Crippen molar-refractivity contribution in [2.45, 2.75) is 78.1 Å². The van der Waals surface area contributed by atoms with Crippen LogP contribution in [0.2, 0.25) is 0 Å². The molecule has 0 saturated carbocycles. The first-order valence-electron chi connectivity index (χ1n) is 11.7. The number of amides is 2. The van der Waals surface area contributed by atoms with Crippen LogP contribution in [0, 0.1) is 0 Å². The summed E-state index contributed by atoms with van der Waals surface area (Å²) in [7, 11) is 0. The van der Waals surface area contributed by atoms with Gasteiger partial charge < -0.3 is 21.3 Å². The highest BCUT2D eigenvalue weighted by Gasteiger charge is 2.24. The SMILES string of the molecule is CCCCCN(C(=O)O)c1nc(NCCCCCCN)nc(N(CCCCC)C(=O)O)n1. The van der Waals surface area contributed by atoms with Gasteiger partial charge in [-0.2, -0.15) is 15.0 Å². The van der Waals surface area contributed by atoms with Crippen molar-refractivity contribution in [3.8, 4) is 0 Å². The van der Waals surface area contributed by atoms with Crippen molar-refractivity contribution < 1.29 is 19.8 Å². The maximum atomic E-state index is 11.9. The van der Waals surface area contributed by atoms with E-state index in [-0.39, 0.29) is 30.9 Å². The summed E-state index contributed by atoms with van der Waals surface area (Å²) >= 11 is 0. The smallest absolute Gasteiger partial charge is 0.414 e. The van der Waals surface area contributed by atoms with Crippen molar-refractivity contribution >= 4 is 30.0 Å². The molecule has 5 N–H and O–H groups in total. The quantitative estimate of drug-likeness (QED) is 0.254. The number of unbranched alkanes of at least 4 members (excludes halogenated alkanes) is 7. The molecule has 1 aromatic heterocycles. The molecule has 0 atom stereocenters. The number of nitrogens with one attached hydrogen (secondary N) is 1. The van der Waals surface area contributed by atoms with Crippen molar-refractivity contribution in [2.75, 3.05) is 41.3 Å². The van der Waals surface area contributed by atoms with Crippen LogP contribution in [-0.4, -0.2) is 63.5 Å². The minimum Gasteiger partial charge on any atom is -0.465 e. The molecular weight excluding hydrogens is 414 g/mol. The first kappa shape index (κ1) is 27.3. The van der Waals surface area contributed by atoms with Crippen LogP contribution in [0.5, 0.6) is 0 Å². The van der Waals surface area contributed by atoms with Gasteiger partial charge in [0.25, 0.3) is 0 Å². The minimum absolute atomic E-state index is 0.0639. The van der Waals surface area contributed by atoms with Crippen molar-refractivity contribution in [2.24, 2.45) is 5.73 Å². The first-order chi connectivity index (χ1) is 15.4. The van der Waals surface area contributed by atoms with E-state index in [4.69, 9.17) is 5.73 Å². The van der Waals surface area contributed by atoms with Gasteiger partial charge in [-0.25, -0.2) is 19.4 Å². The fourth-order valence-corrected chi connectivity index (χ4v) is 3.10. The Balaban J connectivity index is 3.12. The highest BCUT2D eigenvalue weighted by Crippen LogP contribution is 2.19. The Kier molecular flexibility index (Phi) is 13.7. The molecule has 0 saturated heterocycles. The predicted octanol–water partition coefficient (Wildman–Crippen LogP) is 4.15. The highest BCUT2D eigenvalue weighted by molar-refractivity contribution is 5.86. The van der Waals surface area contributed by atoms with E-state index in [2.05, 4.69) is 20.3 Å². The summed E-state index contributed by atoms with van der Waals surface area (Å²) in [4.78, 5) is 38.6. The average Bonchev–Trinajstić information content (AvgIpc) is 2.76. The lowest BCUT2D eigenvalue weighted by atomic mass is 10.2. The summed E-state index contributed by atoms with van der Waals surface area (Å²) in [6.07, 6.45) is 6.44. The lowest BCUT2D eigenvalue weighted by molar-refractivity contribution is 0.200. The number of carboxylic acid groups (broad SMARTS) is 2. The Hall–Kier alpha value is -2.69. The fraction of sp³-hybridized carbons (Fsp3) is 0.762. The summed E-state index contributed by atoms with van der Waals surface area (Å²) in [5.41, 5.74) is 5.51. The maximum Gasteiger partial charge on any atom is 0.414 e. The number of nitrogens with zero attached hydrogens (tertiary/aromatic N) is 5. The molecule has 0 unspecified atom stereocenters. The standard InChI is InChI=1S/C21H39N7O4/c1-3-5-11-15-27(20(29)30)18-24-17(23-14-10-8-7-9-13-22)25-19(26-18)28(21(31)32)16-12-6-4-2/h3-16,22H2,1-2H3,(H,29,30)(H,31,32)(H,23,24,25,26). The normalized spacial score (nSPS) is 10.7. The number of carbonyl (C=O) groups is 2. The lowest BCUT2D eigenvalue weighted by Gasteiger charge is -2.22. The number of hydrogen-bond acceptors (Lipinski definition) is 7. The zero-order chi connectivity index (χ0) is 23.8. The van der Waals surface area contributed by atoms with E-state index < -0.39 is 12.2 Å². The largest absolute Gasteiger partial charge is 0.465 e.